The van der Waals surface area contributed by atoms with Crippen molar-refractivity contribution in [3.8, 4) is 0 Å². The fourth-order valence-corrected chi connectivity index (χ4v) is 5.15. The summed E-state index contributed by atoms with van der Waals surface area (Å²) in [6, 6.07) is 4.37. The number of amides is 3. The number of thioether (sulfide) groups is 1. The number of benzene rings is 1. The number of carbonyl (C=O) groups excluding carboxylic acids is 4. The Kier molecular flexibility index (Phi) is 5.14. The van der Waals surface area contributed by atoms with Crippen molar-refractivity contribution in [3.05, 3.63) is 35.4 Å². The van der Waals surface area contributed by atoms with Crippen LogP contribution in [0.25, 0.3) is 0 Å². The van der Waals surface area contributed by atoms with Crippen LogP contribution in [0.15, 0.2) is 24.3 Å². The largest absolute Gasteiger partial charge is 0.548 e. The van der Waals surface area contributed by atoms with E-state index < -0.39 is 40.7 Å². The molecule has 2 aliphatic heterocycles. The lowest BCUT2D eigenvalue weighted by molar-refractivity contribution is -0.307. The van der Waals surface area contributed by atoms with Gasteiger partial charge < -0.3 is 25.4 Å². The molecule has 8 nitrogen and oxygen atoms in total. The zero-order valence-electron chi connectivity index (χ0n) is 16.0. The Bertz CT molecular complexity index is 856. The molecule has 0 aromatic heterocycles. The first kappa shape index (κ1) is 20.2. The lowest BCUT2D eigenvalue weighted by atomic mass is 10.0. The first-order valence-corrected chi connectivity index (χ1v) is 9.83. The summed E-state index contributed by atoms with van der Waals surface area (Å²) in [4.78, 5) is 50.4. The fourth-order valence-electron chi connectivity index (χ4n) is 3.56. The highest BCUT2D eigenvalue weighted by Gasteiger charge is 2.57. The number of fused-ring (bicyclic) bond motifs is 3. The molecular formula is C19H22N3O5S-. The van der Waals surface area contributed by atoms with Crippen LogP contribution in [0.2, 0.25) is 0 Å². The Hall–Kier alpha value is -2.55. The summed E-state index contributed by atoms with van der Waals surface area (Å²) in [7, 11) is 0. The second-order valence-corrected chi connectivity index (χ2v) is 9.29. The van der Waals surface area contributed by atoms with E-state index in [1.54, 1.807) is 17.0 Å². The molecule has 150 valence electrons. The number of carbonyl (C=O) groups is 4. The summed E-state index contributed by atoms with van der Waals surface area (Å²) >= 11 is 1.53. The highest BCUT2D eigenvalue weighted by molar-refractivity contribution is 8.01. The van der Waals surface area contributed by atoms with Crippen molar-refractivity contribution < 1.29 is 24.3 Å². The molecule has 2 aliphatic rings. The van der Waals surface area contributed by atoms with Gasteiger partial charge in [-0.3, -0.25) is 14.4 Å². The van der Waals surface area contributed by atoms with E-state index in [4.69, 9.17) is 0 Å². The molecule has 0 bridgehead atoms. The molecule has 1 saturated heterocycles. The third-order valence-corrected chi connectivity index (χ3v) is 6.54. The van der Waals surface area contributed by atoms with Crippen LogP contribution in [0.4, 0.5) is 0 Å². The second kappa shape index (κ2) is 7.12. The number of carboxylic acids is 1. The van der Waals surface area contributed by atoms with Gasteiger partial charge in [-0.15, -0.1) is 11.8 Å². The van der Waals surface area contributed by atoms with Gasteiger partial charge in [0, 0.05) is 10.3 Å². The molecule has 3 rings (SSSR count). The smallest absolute Gasteiger partial charge is 0.256 e. The lowest BCUT2D eigenvalue weighted by Gasteiger charge is -2.30. The van der Waals surface area contributed by atoms with Crippen molar-refractivity contribution in [2.24, 2.45) is 0 Å². The third-order valence-electron chi connectivity index (χ3n) is 5.01. The monoisotopic (exact) mass is 404 g/mol. The van der Waals surface area contributed by atoms with Gasteiger partial charge in [-0.05, 0) is 39.3 Å². The van der Waals surface area contributed by atoms with Gasteiger partial charge in [0.25, 0.3) is 5.91 Å². The molecule has 1 fully saturated rings. The highest BCUT2D eigenvalue weighted by Crippen LogP contribution is 2.56. The zero-order valence-corrected chi connectivity index (χ0v) is 16.8. The van der Waals surface area contributed by atoms with E-state index in [0.717, 1.165) is 5.56 Å². The molecule has 4 atom stereocenters. The average Bonchev–Trinajstić information content (AvgIpc) is 3.04. The Morgan fingerprint density at radius 2 is 1.79 bits per heavy atom. The van der Waals surface area contributed by atoms with Crippen molar-refractivity contribution in [2.45, 2.75) is 55.9 Å². The summed E-state index contributed by atoms with van der Waals surface area (Å²) in [5.74, 6) is -2.71. The molecular weight excluding hydrogens is 382 g/mol. The van der Waals surface area contributed by atoms with Crippen LogP contribution in [0.3, 0.4) is 0 Å². The van der Waals surface area contributed by atoms with Crippen molar-refractivity contribution >= 4 is 35.5 Å². The van der Waals surface area contributed by atoms with Crippen molar-refractivity contribution in [2.75, 3.05) is 0 Å². The van der Waals surface area contributed by atoms with Gasteiger partial charge in [0.05, 0.1) is 12.0 Å². The van der Waals surface area contributed by atoms with Gasteiger partial charge in [0.1, 0.15) is 17.5 Å². The van der Waals surface area contributed by atoms with Gasteiger partial charge in [0.2, 0.25) is 11.8 Å². The van der Waals surface area contributed by atoms with Crippen LogP contribution in [0, 0.1) is 0 Å². The molecule has 0 aliphatic carbocycles. The van der Waals surface area contributed by atoms with Crippen molar-refractivity contribution in [3.63, 3.8) is 0 Å². The Morgan fingerprint density at radius 1 is 1.14 bits per heavy atom. The first-order valence-electron chi connectivity index (χ1n) is 8.95. The number of nitrogens with zero attached hydrogens (tertiary/aromatic N) is 1. The predicted octanol–water partition coefficient (Wildman–Crippen LogP) is -0.206. The topological polar surface area (TPSA) is 119 Å². The van der Waals surface area contributed by atoms with Crippen LogP contribution in [0.1, 0.15) is 49.0 Å². The summed E-state index contributed by atoms with van der Waals surface area (Å²) in [5, 5.41) is 15.4. The molecule has 0 radical (unpaired) electrons. The van der Waals surface area contributed by atoms with E-state index in [9.17, 15) is 24.3 Å². The number of rotatable bonds is 5. The fraction of sp³-hybridized carbons (Fsp3) is 0.474. The van der Waals surface area contributed by atoms with Crippen molar-refractivity contribution in [1.82, 2.24) is 15.5 Å². The number of aliphatic carboxylic acids is 1. The molecule has 9 heteroatoms. The van der Waals surface area contributed by atoms with E-state index in [2.05, 4.69) is 10.6 Å². The van der Waals surface area contributed by atoms with Crippen LogP contribution >= 0.6 is 11.8 Å². The van der Waals surface area contributed by atoms with Crippen molar-refractivity contribution in [1.29, 1.82) is 0 Å². The normalized spacial score (nSPS) is 24.1. The third kappa shape index (κ3) is 3.34. The van der Waals surface area contributed by atoms with E-state index in [-0.39, 0.29) is 11.3 Å². The minimum Gasteiger partial charge on any atom is -0.548 e. The molecule has 0 spiro atoms. The van der Waals surface area contributed by atoms with Crippen LogP contribution in [0.5, 0.6) is 0 Å². The van der Waals surface area contributed by atoms with Gasteiger partial charge in [-0.1, -0.05) is 18.2 Å². The summed E-state index contributed by atoms with van der Waals surface area (Å²) in [5.41, 5.74) is 1.47. The minimum atomic E-state index is -1.41. The molecule has 1 aromatic rings. The Morgan fingerprint density at radius 3 is 2.43 bits per heavy atom. The lowest BCUT2D eigenvalue weighted by Crippen LogP contribution is -2.57. The zero-order chi connectivity index (χ0) is 20.8. The molecule has 3 amide bonds. The van der Waals surface area contributed by atoms with E-state index in [1.807, 2.05) is 26.0 Å². The average molecular weight is 404 g/mol. The van der Waals surface area contributed by atoms with Gasteiger partial charge in [-0.2, -0.15) is 0 Å². The highest BCUT2D eigenvalue weighted by atomic mass is 32.2. The number of hydrogen-bond donors (Lipinski definition) is 2. The van der Waals surface area contributed by atoms with Gasteiger partial charge in [-0.25, -0.2) is 0 Å². The maximum Gasteiger partial charge on any atom is 0.256 e. The van der Waals surface area contributed by atoms with Gasteiger partial charge in [0.15, 0.2) is 0 Å². The molecule has 0 unspecified atom stereocenters. The van der Waals surface area contributed by atoms with Crippen LogP contribution in [-0.2, 0) is 14.4 Å². The summed E-state index contributed by atoms with van der Waals surface area (Å²) < 4.78 is -0.563. The quantitative estimate of drug-likeness (QED) is 0.701. The van der Waals surface area contributed by atoms with Gasteiger partial charge >= 0.3 is 0 Å². The molecule has 1 aromatic carbocycles. The number of nitrogens with one attached hydrogen (secondary N) is 2. The second-order valence-electron chi connectivity index (χ2n) is 7.56. The predicted molar refractivity (Wildman–Crippen MR) is 101 cm³/mol. The molecule has 0 saturated carbocycles. The maximum absolute atomic E-state index is 13.0. The maximum atomic E-state index is 13.0. The molecule has 2 N–H and O–H groups in total. The van der Waals surface area contributed by atoms with E-state index in [1.165, 1.54) is 25.6 Å². The Balaban J connectivity index is 1.77. The summed E-state index contributed by atoms with van der Waals surface area (Å²) in [6.07, 6.45) is 0. The molecule has 28 heavy (non-hydrogen) atoms. The number of hydrogen-bond acceptors (Lipinski definition) is 6. The SMILES string of the molecule is C[C@H](NC(=O)[C@H](C)NC(=O)[C@H]1N2C(=O)c3ccccc3[C@@H]2SC1(C)C)C(=O)[O-]. The van der Waals surface area contributed by atoms with Crippen LogP contribution < -0.4 is 15.7 Å². The van der Waals surface area contributed by atoms with Crippen LogP contribution in [-0.4, -0.2) is 51.5 Å². The summed E-state index contributed by atoms with van der Waals surface area (Å²) in [6.45, 7) is 6.52. The standard InChI is InChI=1S/C19H23N3O5S/c1-9(14(23)21-10(2)18(26)27)20-15(24)13-19(3,4)28-17-12-8-6-5-7-11(12)16(25)22(13)17/h5-10,13,17H,1-4H3,(H,20,24)(H,21,23)(H,26,27)/p-1/t9-,10-,13+,17-/m0/s1. The number of carboxylic acid groups (broad SMARTS) is 1. The molecule has 2 heterocycles. The van der Waals surface area contributed by atoms with E-state index in [0.29, 0.717) is 5.56 Å². The Labute approximate surface area is 167 Å². The minimum absolute atomic E-state index is 0.207. The van der Waals surface area contributed by atoms with E-state index >= 15 is 0 Å². The first-order chi connectivity index (χ1) is 13.0.